The van der Waals surface area contributed by atoms with Gasteiger partial charge in [-0.2, -0.15) is 4.98 Å². The highest BCUT2D eigenvalue weighted by atomic mass is 35.5. The lowest BCUT2D eigenvalue weighted by atomic mass is 9.89. The normalized spacial score (nSPS) is 18.3. The fourth-order valence-corrected chi connectivity index (χ4v) is 2.68. The van der Waals surface area contributed by atoms with Crippen molar-refractivity contribution < 1.29 is 9.32 Å². The molecule has 126 valence electrons. The Morgan fingerprint density at radius 2 is 2.05 bits per heavy atom. The molecule has 0 saturated heterocycles. The topological polar surface area (TPSA) is 94.0 Å². The molecule has 0 radical (unpaired) electrons. The maximum atomic E-state index is 11.8. The van der Waals surface area contributed by atoms with Crippen LogP contribution in [0.4, 0.5) is 0 Å². The summed E-state index contributed by atoms with van der Waals surface area (Å²) in [4.78, 5) is 16.2. The van der Waals surface area contributed by atoms with E-state index in [9.17, 15) is 4.79 Å². The van der Waals surface area contributed by atoms with Crippen LogP contribution in [0, 0.1) is 0 Å². The summed E-state index contributed by atoms with van der Waals surface area (Å²) in [5, 5.41) is 6.96. The Morgan fingerprint density at radius 1 is 1.36 bits per heavy atom. The van der Waals surface area contributed by atoms with Gasteiger partial charge in [0.1, 0.15) is 6.04 Å². The summed E-state index contributed by atoms with van der Waals surface area (Å²) < 4.78 is 5.31. The molecule has 1 fully saturated rings. The first-order valence-corrected chi connectivity index (χ1v) is 7.94. The zero-order valence-electron chi connectivity index (χ0n) is 13.4. The number of carbonyl (C=O) groups excluding carboxylic acids is 1. The third-order valence-corrected chi connectivity index (χ3v) is 4.00. The van der Waals surface area contributed by atoms with Crippen molar-refractivity contribution in [2.75, 3.05) is 0 Å². The molecule has 1 saturated carbocycles. The van der Waals surface area contributed by atoms with E-state index in [1.807, 2.05) is 13.8 Å². The van der Waals surface area contributed by atoms with Crippen LogP contribution < -0.4 is 11.1 Å². The minimum Gasteiger partial charge on any atom is -0.345 e. The summed E-state index contributed by atoms with van der Waals surface area (Å²) in [7, 11) is 0. The zero-order valence-corrected chi connectivity index (χ0v) is 14.2. The van der Waals surface area contributed by atoms with E-state index in [0.29, 0.717) is 24.7 Å². The van der Waals surface area contributed by atoms with Crippen LogP contribution in [0.5, 0.6) is 0 Å². The van der Waals surface area contributed by atoms with E-state index in [1.54, 1.807) is 0 Å². The number of hydrogen-bond donors (Lipinski definition) is 2. The fraction of sp³-hybridized carbons (Fsp3) is 0.800. The SMILES string of the molecule is CC(N)CCC(=O)NC(C)c1nc(C2CCCCC2)no1.Cl. The molecule has 2 unspecified atom stereocenters. The molecule has 3 N–H and O–H groups in total. The second-order valence-corrected chi connectivity index (χ2v) is 6.13. The van der Waals surface area contributed by atoms with E-state index in [2.05, 4.69) is 15.5 Å². The quantitative estimate of drug-likeness (QED) is 0.836. The maximum Gasteiger partial charge on any atom is 0.248 e. The van der Waals surface area contributed by atoms with E-state index >= 15 is 0 Å². The Kier molecular flexibility index (Phi) is 7.82. The minimum absolute atomic E-state index is 0. The van der Waals surface area contributed by atoms with Gasteiger partial charge in [-0.05, 0) is 33.1 Å². The number of carbonyl (C=O) groups is 1. The first-order valence-electron chi connectivity index (χ1n) is 7.94. The van der Waals surface area contributed by atoms with Gasteiger partial charge in [-0.3, -0.25) is 4.79 Å². The van der Waals surface area contributed by atoms with E-state index in [-0.39, 0.29) is 30.4 Å². The van der Waals surface area contributed by atoms with Gasteiger partial charge in [-0.25, -0.2) is 0 Å². The standard InChI is InChI=1S/C15H26N4O2.ClH/c1-10(16)8-9-13(20)17-11(2)15-18-14(19-21-15)12-6-4-3-5-7-12;/h10-12H,3-9,16H2,1-2H3,(H,17,20);1H. The largest absolute Gasteiger partial charge is 0.345 e. The lowest BCUT2D eigenvalue weighted by molar-refractivity contribution is -0.122. The molecule has 1 amide bonds. The average Bonchev–Trinajstić information content (AvgIpc) is 2.96. The van der Waals surface area contributed by atoms with Crippen LogP contribution in [0.3, 0.4) is 0 Å². The van der Waals surface area contributed by atoms with Crippen molar-refractivity contribution in [3.05, 3.63) is 11.7 Å². The third-order valence-electron chi connectivity index (χ3n) is 4.00. The highest BCUT2D eigenvalue weighted by Gasteiger charge is 2.23. The number of nitrogens with one attached hydrogen (secondary N) is 1. The molecule has 1 aliphatic carbocycles. The van der Waals surface area contributed by atoms with Crippen molar-refractivity contribution in [1.29, 1.82) is 0 Å². The Balaban J connectivity index is 0.00000242. The van der Waals surface area contributed by atoms with Crippen molar-refractivity contribution in [3.63, 3.8) is 0 Å². The first kappa shape index (κ1) is 18.9. The molecule has 1 aromatic heterocycles. The van der Waals surface area contributed by atoms with Gasteiger partial charge in [-0.1, -0.05) is 24.4 Å². The van der Waals surface area contributed by atoms with E-state index < -0.39 is 0 Å². The molecule has 1 aromatic rings. The molecule has 0 bridgehead atoms. The molecule has 7 heteroatoms. The molecule has 6 nitrogen and oxygen atoms in total. The van der Waals surface area contributed by atoms with Gasteiger partial charge in [0.15, 0.2) is 5.82 Å². The van der Waals surface area contributed by atoms with Crippen molar-refractivity contribution >= 4 is 18.3 Å². The molecule has 1 aliphatic rings. The van der Waals surface area contributed by atoms with Crippen LogP contribution in [-0.4, -0.2) is 22.1 Å². The average molecular weight is 331 g/mol. The summed E-state index contributed by atoms with van der Waals surface area (Å²) in [6, 6.07) is -0.220. The van der Waals surface area contributed by atoms with E-state index in [0.717, 1.165) is 18.7 Å². The predicted octanol–water partition coefficient (Wildman–Crippen LogP) is 2.84. The van der Waals surface area contributed by atoms with Crippen LogP contribution in [0.25, 0.3) is 0 Å². The number of nitrogens with zero attached hydrogens (tertiary/aromatic N) is 2. The van der Waals surface area contributed by atoms with E-state index in [4.69, 9.17) is 10.3 Å². The van der Waals surface area contributed by atoms with Gasteiger partial charge >= 0.3 is 0 Å². The van der Waals surface area contributed by atoms with Crippen molar-refractivity contribution in [2.24, 2.45) is 5.73 Å². The van der Waals surface area contributed by atoms with Crippen LogP contribution >= 0.6 is 12.4 Å². The van der Waals surface area contributed by atoms with Crippen LogP contribution in [0.2, 0.25) is 0 Å². The van der Waals surface area contributed by atoms with Gasteiger partial charge < -0.3 is 15.6 Å². The van der Waals surface area contributed by atoms with Crippen molar-refractivity contribution in [2.45, 2.75) is 76.8 Å². The van der Waals surface area contributed by atoms with Crippen LogP contribution in [0.1, 0.15) is 82.5 Å². The zero-order chi connectivity index (χ0) is 15.2. The van der Waals surface area contributed by atoms with E-state index in [1.165, 1.54) is 19.3 Å². The highest BCUT2D eigenvalue weighted by molar-refractivity contribution is 5.85. The summed E-state index contributed by atoms with van der Waals surface area (Å²) in [6.45, 7) is 3.76. The molecule has 2 rings (SSSR count). The Labute approximate surface area is 138 Å². The monoisotopic (exact) mass is 330 g/mol. The molecule has 0 aromatic carbocycles. The van der Waals surface area contributed by atoms with Gasteiger partial charge in [0, 0.05) is 18.4 Å². The molecular weight excluding hydrogens is 304 g/mol. The van der Waals surface area contributed by atoms with Crippen molar-refractivity contribution in [1.82, 2.24) is 15.5 Å². The highest BCUT2D eigenvalue weighted by Crippen LogP contribution is 2.31. The number of aromatic nitrogens is 2. The summed E-state index contributed by atoms with van der Waals surface area (Å²) >= 11 is 0. The number of amides is 1. The van der Waals surface area contributed by atoms with Crippen LogP contribution in [0.15, 0.2) is 4.52 Å². The minimum atomic E-state index is -0.254. The Morgan fingerprint density at radius 3 is 2.68 bits per heavy atom. The maximum absolute atomic E-state index is 11.8. The summed E-state index contributed by atoms with van der Waals surface area (Å²) in [5.41, 5.74) is 5.65. The van der Waals surface area contributed by atoms with Gasteiger partial charge in [-0.15, -0.1) is 12.4 Å². The summed E-state index contributed by atoms with van der Waals surface area (Å²) in [6.07, 6.45) is 7.13. The molecule has 0 spiro atoms. The molecule has 22 heavy (non-hydrogen) atoms. The number of nitrogens with two attached hydrogens (primary N) is 1. The number of rotatable bonds is 6. The molecular formula is C15H27ClN4O2. The second-order valence-electron chi connectivity index (χ2n) is 6.13. The van der Waals surface area contributed by atoms with Gasteiger partial charge in [0.05, 0.1) is 0 Å². The molecule has 2 atom stereocenters. The fourth-order valence-electron chi connectivity index (χ4n) is 2.68. The summed E-state index contributed by atoms with van der Waals surface area (Å²) in [5.74, 6) is 1.67. The third kappa shape index (κ3) is 5.57. The smallest absolute Gasteiger partial charge is 0.248 e. The van der Waals surface area contributed by atoms with Gasteiger partial charge in [0.2, 0.25) is 11.8 Å². The Bertz CT molecular complexity index is 458. The lowest BCUT2D eigenvalue weighted by Crippen LogP contribution is -2.28. The first-order chi connectivity index (χ1) is 10.1. The molecule has 0 aliphatic heterocycles. The van der Waals surface area contributed by atoms with Crippen molar-refractivity contribution in [3.8, 4) is 0 Å². The second kappa shape index (κ2) is 9.10. The lowest BCUT2D eigenvalue weighted by Gasteiger charge is -2.17. The number of halogens is 1. The Hall–Kier alpha value is -1.14. The number of hydrogen-bond acceptors (Lipinski definition) is 5. The van der Waals surface area contributed by atoms with Crippen LogP contribution in [-0.2, 0) is 4.79 Å². The van der Waals surface area contributed by atoms with Gasteiger partial charge in [0.25, 0.3) is 0 Å². The molecule has 1 heterocycles. The predicted molar refractivity (Wildman–Crippen MR) is 86.8 cm³/mol.